The van der Waals surface area contributed by atoms with E-state index in [9.17, 15) is 0 Å². The Bertz CT molecular complexity index is 151. The maximum atomic E-state index is 5.10. The molecule has 78 valence electrons. The van der Waals surface area contributed by atoms with Gasteiger partial charge in [-0.25, -0.2) is 5.90 Å². The Kier molecular flexibility index (Phi) is 3.71. The summed E-state index contributed by atoms with van der Waals surface area (Å²) in [7, 11) is 0. The Labute approximate surface area is 81.2 Å². The zero-order chi connectivity index (χ0) is 9.90. The van der Waals surface area contributed by atoms with Crippen LogP contribution in [0.4, 0.5) is 0 Å². The van der Waals surface area contributed by atoms with Crippen molar-refractivity contribution >= 4 is 0 Å². The highest BCUT2D eigenvalue weighted by atomic mass is 16.6. The molecule has 1 heterocycles. The molecule has 0 aromatic rings. The maximum absolute atomic E-state index is 5.10. The third kappa shape index (κ3) is 3.25. The first-order chi connectivity index (χ1) is 6.04. The maximum Gasteiger partial charge on any atom is 0.0719 e. The molecule has 1 saturated heterocycles. The molecule has 1 aliphatic heterocycles. The lowest BCUT2D eigenvalue weighted by Gasteiger charge is -2.41. The van der Waals surface area contributed by atoms with Crippen LogP contribution in [0.2, 0.25) is 0 Å². The molecule has 0 saturated carbocycles. The van der Waals surface area contributed by atoms with Gasteiger partial charge < -0.3 is 4.84 Å². The zero-order valence-electron chi connectivity index (χ0n) is 9.05. The van der Waals surface area contributed by atoms with E-state index in [0.717, 1.165) is 6.54 Å². The van der Waals surface area contributed by atoms with Crippen LogP contribution < -0.4 is 5.90 Å². The van der Waals surface area contributed by atoms with Crippen molar-refractivity contribution in [3.63, 3.8) is 0 Å². The minimum absolute atomic E-state index is 0.285. The molecule has 0 aliphatic carbocycles. The number of rotatable bonds is 2. The normalized spacial score (nSPS) is 26.3. The van der Waals surface area contributed by atoms with E-state index in [1.807, 2.05) is 0 Å². The van der Waals surface area contributed by atoms with Crippen LogP contribution in [-0.4, -0.2) is 30.1 Å². The van der Waals surface area contributed by atoms with E-state index in [2.05, 4.69) is 25.7 Å². The van der Waals surface area contributed by atoms with E-state index in [1.165, 1.54) is 19.4 Å². The van der Waals surface area contributed by atoms with Crippen molar-refractivity contribution in [2.75, 3.05) is 19.7 Å². The average Bonchev–Trinajstić information content (AvgIpc) is 2.04. The minimum atomic E-state index is 0.285. The zero-order valence-corrected chi connectivity index (χ0v) is 9.05. The monoisotopic (exact) mass is 186 g/mol. The van der Waals surface area contributed by atoms with Crippen LogP contribution in [0, 0.1) is 5.92 Å². The molecule has 1 aliphatic rings. The van der Waals surface area contributed by atoms with Crippen LogP contribution in [0.25, 0.3) is 0 Å². The number of hydrogen-bond donors (Lipinski definition) is 1. The van der Waals surface area contributed by atoms with Gasteiger partial charge in [0.05, 0.1) is 6.61 Å². The number of piperidine rings is 1. The molecule has 0 bridgehead atoms. The molecule has 0 spiro atoms. The van der Waals surface area contributed by atoms with Crippen molar-refractivity contribution in [3.05, 3.63) is 0 Å². The van der Waals surface area contributed by atoms with Crippen LogP contribution in [0.5, 0.6) is 0 Å². The second-order valence-corrected chi connectivity index (χ2v) is 4.96. The smallest absolute Gasteiger partial charge is 0.0719 e. The Morgan fingerprint density at radius 1 is 1.46 bits per heavy atom. The second kappa shape index (κ2) is 4.40. The third-order valence-corrected chi connectivity index (χ3v) is 2.80. The van der Waals surface area contributed by atoms with E-state index >= 15 is 0 Å². The molecule has 0 aromatic carbocycles. The van der Waals surface area contributed by atoms with E-state index in [4.69, 9.17) is 10.7 Å². The lowest BCUT2D eigenvalue weighted by atomic mass is 9.94. The molecule has 1 rings (SSSR count). The molecule has 3 nitrogen and oxygen atoms in total. The van der Waals surface area contributed by atoms with Crippen molar-refractivity contribution in [2.24, 2.45) is 11.8 Å². The molecule has 0 radical (unpaired) electrons. The molecular formula is C10H22N2O. The Hall–Kier alpha value is -0.120. The Morgan fingerprint density at radius 2 is 2.15 bits per heavy atom. The predicted octanol–water partition coefficient (Wildman–Crippen LogP) is 1.39. The molecule has 3 heteroatoms. The van der Waals surface area contributed by atoms with E-state index in [-0.39, 0.29) is 5.54 Å². The van der Waals surface area contributed by atoms with Crippen molar-refractivity contribution in [1.82, 2.24) is 4.90 Å². The Morgan fingerprint density at radius 3 is 2.69 bits per heavy atom. The number of likely N-dealkylation sites (tertiary alicyclic amines) is 1. The fourth-order valence-electron chi connectivity index (χ4n) is 1.95. The largest absolute Gasteiger partial charge is 0.304 e. The van der Waals surface area contributed by atoms with Crippen LogP contribution in [0.3, 0.4) is 0 Å². The molecule has 1 unspecified atom stereocenters. The molecule has 1 atom stereocenters. The van der Waals surface area contributed by atoms with Crippen LogP contribution >= 0.6 is 0 Å². The first kappa shape index (κ1) is 11.0. The van der Waals surface area contributed by atoms with Crippen molar-refractivity contribution in [1.29, 1.82) is 0 Å². The van der Waals surface area contributed by atoms with Crippen molar-refractivity contribution in [3.8, 4) is 0 Å². The highest BCUT2D eigenvalue weighted by molar-refractivity contribution is 4.82. The molecular weight excluding hydrogens is 164 g/mol. The van der Waals surface area contributed by atoms with Crippen molar-refractivity contribution in [2.45, 2.75) is 39.2 Å². The summed E-state index contributed by atoms with van der Waals surface area (Å²) in [6.45, 7) is 9.83. The molecule has 13 heavy (non-hydrogen) atoms. The number of nitrogens with zero attached hydrogens (tertiary/aromatic N) is 1. The molecule has 2 N–H and O–H groups in total. The second-order valence-electron chi connectivity index (χ2n) is 4.96. The summed E-state index contributed by atoms with van der Waals surface area (Å²) < 4.78 is 0. The topological polar surface area (TPSA) is 38.5 Å². The lowest BCUT2D eigenvalue weighted by molar-refractivity contribution is 0.0277. The van der Waals surface area contributed by atoms with Gasteiger partial charge in [-0.3, -0.25) is 4.90 Å². The van der Waals surface area contributed by atoms with Gasteiger partial charge in [0, 0.05) is 12.1 Å². The van der Waals surface area contributed by atoms with Gasteiger partial charge in [0.2, 0.25) is 0 Å². The summed E-state index contributed by atoms with van der Waals surface area (Å²) in [5.41, 5.74) is 0.285. The minimum Gasteiger partial charge on any atom is -0.304 e. The standard InChI is InChI=1S/C10H22N2O/c1-10(2,3)12-6-4-5-9(7-12)8-13-11/h9H,4-8,11H2,1-3H3. The lowest BCUT2D eigenvalue weighted by Crippen LogP contribution is -2.48. The van der Waals surface area contributed by atoms with Crippen LogP contribution in [0.1, 0.15) is 33.6 Å². The summed E-state index contributed by atoms with van der Waals surface area (Å²) in [6.07, 6.45) is 2.52. The van der Waals surface area contributed by atoms with Gasteiger partial charge in [-0.1, -0.05) is 0 Å². The average molecular weight is 186 g/mol. The fraction of sp³-hybridized carbons (Fsp3) is 1.00. The Balaban J connectivity index is 2.42. The third-order valence-electron chi connectivity index (χ3n) is 2.80. The summed E-state index contributed by atoms with van der Waals surface area (Å²) in [6, 6.07) is 0. The molecule has 0 amide bonds. The molecule has 0 aromatic heterocycles. The van der Waals surface area contributed by atoms with Gasteiger partial charge in [0.15, 0.2) is 0 Å². The van der Waals surface area contributed by atoms with Gasteiger partial charge in [-0.2, -0.15) is 0 Å². The summed E-state index contributed by atoms with van der Waals surface area (Å²) in [4.78, 5) is 7.23. The quantitative estimate of drug-likeness (QED) is 0.662. The molecule has 1 fully saturated rings. The van der Waals surface area contributed by atoms with Crippen molar-refractivity contribution < 1.29 is 4.84 Å². The van der Waals surface area contributed by atoms with Gasteiger partial charge in [0.1, 0.15) is 0 Å². The van der Waals surface area contributed by atoms with Gasteiger partial charge in [0.25, 0.3) is 0 Å². The highest BCUT2D eigenvalue weighted by Crippen LogP contribution is 2.23. The van der Waals surface area contributed by atoms with Gasteiger partial charge >= 0.3 is 0 Å². The van der Waals surface area contributed by atoms with Gasteiger partial charge in [-0.15, -0.1) is 0 Å². The summed E-state index contributed by atoms with van der Waals surface area (Å²) in [5, 5.41) is 0. The summed E-state index contributed by atoms with van der Waals surface area (Å²) >= 11 is 0. The van der Waals surface area contributed by atoms with Crippen LogP contribution in [-0.2, 0) is 4.84 Å². The fourth-order valence-corrected chi connectivity index (χ4v) is 1.95. The van der Waals surface area contributed by atoms with Crippen LogP contribution in [0.15, 0.2) is 0 Å². The number of hydrogen-bond acceptors (Lipinski definition) is 3. The first-order valence-electron chi connectivity index (χ1n) is 5.11. The first-order valence-corrected chi connectivity index (χ1v) is 5.11. The van der Waals surface area contributed by atoms with E-state index in [0.29, 0.717) is 12.5 Å². The number of nitrogens with two attached hydrogens (primary N) is 1. The highest BCUT2D eigenvalue weighted by Gasteiger charge is 2.27. The predicted molar refractivity (Wildman–Crippen MR) is 54.2 cm³/mol. The van der Waals surface area contributed by atoms with E-state index in [1.54, 1.807) is 0 Å². The SMILES string of the molecule is CC(C)(C)N1CCCC(CON)C1. The summed E-state index contributed by atoms with van der Waals surface area (Å²) in [5.74, 6) is 5.72. The van der Waals surface area contributed by atoms with Gasteiger partial charge in [-0.05, 0) is 46.1 Å². The van der Waals surface area contributed by atoms with E-state index < -0.39 is 0 Å².